The zero-order valence-electron chi connectivity index (χ0n) is 15.6. The number of hydrogen-bond donors (Lipinski definition) is 0. The Hall–Kier alpha value is -2.32. The van der Waals surface area contributed by atoms with E-state index in [-0.39, 0.29) is 5.91 Å². The molecule has 1 aromatic carbocycles. The van der Waals surface area contributed by atoms with Gasteiger partial charge >= 0.3 is 0 Å². The molecule has 0 aliphatic carbocycles. The molecule has 1 amide bonds. The van der Waals surface area contributed by atoms with Crippen LogP contribution in [0.3, 0.4) is 0 Å². The summed E-state index contributed by atoms with van der Waals surface area (Å²) in [5, 5.41) is 11.4. The Kier molecular flexibility index (Phi) is 6.52. The van der Waals surface area contributed by atoms with Crippen LogP contribution in [-0.2, 0) is 17.9 Å². The lowest BCUT2D eigenvalue weighted by Crippen LogP contribution is -2.27. The third kappa shape index (κ3) is 4.70. The van der Waals surface area contributed by atoms with E-state index in [4.69, 9.17) is 4.74 Å². The summed E-state index contributed by atoms with van der Waals surface area (Å²) in [6.07, 6.45) is 0. The summed E-state index contributed by atoms with van der Waals surface area (Å²) < 4.78 is 7.28. The van der Waals surface area contributed by atoms with Crippen LogP contribution in [0, 0.1) is 0 Å². The van der Waals surface area contributed by atoms with Gasteiger partial charge in [-0.25, -0.2) is 0 Å². The van der Waals surface area contributed by atoms with E-state index < -0.39 is 0 Å². The number of methoxy groups -OCH3 is 1. The highest BCUT2D eigenvalue weighted by atomic mass is 32.2. The first kappa shape index (κ1) is 19.4. The van der Waals surface area contributed by atoms with E-state index in [2.05, 4.69) is 17.1 Å². The normalized spacial score (nSPS) is 10.8. The van der Waals surface area contributed by atoms with Crippen LogP contribution in [0.1, 0.15) is 12.5 Å². The third-order valence-corrected chi connectivity index (χ3v) is 5.90. The van der Waals surface area contributed by atoms with Gasteiger partial charge in [-0.1, -0.05) is 30.0 Å². The Bertz CT molecular complexity index is 893. The van der Waals surface area contributed by atoms with Crippen molar-refractivity contribution in [3.05, 3.63) is 47.3 Å². The van der Waals surface area contributed by atoms with E-state index in [1.807, 2.05) is 53.4 Å². The van der Waals surface area contributed by atoms with Gasteiger partial charge in [0.25, 0.3) is 0 Å². The Morgan fingerprint density at radius 1 is 1.30 bits per heavy atom. The first-order valence-corrected chi connectivity index (χ1v) is 10.5. The van der Waals surface area contributed by atoms with Crippen molar-refractivity contribution in [3.63, 3.8) is 0 Å². The van der Waals surface area contributed by atoms with Gasteiger partial charge < -0.3 is 14.2 Å². The van der Waals surface area contributed by atoms with Crippen molar-refractivity contribution < 1.29 is 9.53 Å². The van der Waals surface area contributed by atoms with Crippen molar-refractivity contribution >= 4 is 29.0 Å². The van der Waals surface area contributed by atoms with Crippen molar-refractivity contribution in [3.8, 4) is 16.5 Å². The Morgan fingerprint density at radius 2 is 2.15 bits per heavy atom. The van der Waals surface area contributed by atoms with Gasteiger partial charge in [-0.05, 0) is 36.1 Å². The maximum absolute atomic E-state index is 12.5. The van der Waals surface area contributed by atoms with Crippen LogP contribution in [0.15, 0.2) is 46.9 Å². The number of amides is 1. The standard InChI is InChI=1S/C19H22N4O2S2/c1-4-23-18(16-9-6-10-26-16)20-21-19(23)27-13-17(24)22(2)12-14-7-5-8-15(11-14)25-3/h5-11H,4,12-13H2,1-3H3. The zero-order valence-corrected chi connectivity index (χ0v) is 17.2. The minimum Gasteiger partial charge on any atom is -0.497 e. The van der Waals surface area contributed by atoms with Crippen LogP contribution in [0.4, 0.5) is 0 Å². The molecule has 8 heteroatoms. The minimum absolute atomic E-state index is 0.0474. The molecule has 27 heavy (non-hydrogen) atoms. The van der Waals surface area contributed by atoms with Crippen LogP contribution in [0.2, 0.25) is 0 Å². The first-order valence-electron chi connectivity index (χ1n) is 8.59. The number of rotatable bonds is 8. The molecule has 0 spiro atoms. The quantitative estimate of drug-likeness (QED) is 0.537. The van der Waals surface area contributed by atoms with Crippen molar-refractivity contribution in [2.24, 2.45) is 0 Å². The van der Waals surface area contributed by atoms with Gasteiger partial charge in [0, 0.05) is 20.1 Å². The van der Waals surface area contributed by atoms with E-state index in [0.29, 0.717) is 12.3 Å². The molecule has 0 radical (unpaired) electrons. The molecule has 0 aliphatic heterocycles. The average Bonchev–Trinajstić information content (AvgIpc) is 3.35. The molecule has 0 fully saturated rings. The highest BCUT2D eigenvalue weighted by Gasteiger charge is 2.16. The second-order valence-electron chi connectivity index (χ2n) is 5.92. The van der Waals surface area contributed by atoms with Gasteiger partial charge in [0.1, 0.15) is 5.75 Å². The molecule has 0 atom stereocenters. The van der Waals surface area contributed by atoms with E-state index in [0.717, 1.165) is 33.7 Å². The minimum atomic E-state index is 0.0474. The highest BCUT2D eigenvalue weighted by Crippen LogP contribution is 2.27. The van der Waals surface area contributed by atoms with E-state index in [9.17, 15) is 4.79 Å². The van der Waals surface area contributed by atoms with Crippen molar-refractivity contribution in [1.82, 2.24) is 19.7 Å². The second kappa shape index (κ2) is 9.05. The number of aromatic nitrogens is 3. The lowest BCUT2D eigenvalue weighted by molar-refractivity contribution is -0.127. The maximum atomic E-state index is 12.5. The predicted molar refractivity (Wildman–Crippen MR) is 109 cm³/mol. The molecule has 2 aromatic heterocycles. The van der Waals surface area contributed by atoms with Gasteiger partial charge in [-0.15, -0.1) is 21.5 Å². The summed E-state index contributed by atoms with van der Waals surface area (Å²) in [4.78, 5) is 15.3. The van der Waals surface area contributed by atoms with E-state index >= 15 is 0 Å². The number of hydrogen-bond acceptors (Lipinski definition) is 6. The summed E-state index contributed by atoms with van der Waals surface area (Å²) in [5.74, 6) is 2.02. The third-order valence-electron chi connectivity index (χ3n) is 4.08. The van der Waals surface area contributed by atoms with E-state index in [1.54, 1.807) is 23.3 Å². The summed E-state index contributed by atoms with van der Waals surface area (Å²) in [5.41, 5.74) is 1.03. The van der Waals surface area contributed by atoms with Crippen molar-refractivity contribution in [1.29, 1.82) is 0 Å². The number of benzene rings is 1. The smallest absolute Gasteiger partial charge is 0.233 e. The Balaban J connectivity index is 1.61. The lowest BCUT2D eigenvalue weighted by atomic mass is 10.2. The molecular formula is C19H22N4O2S2. The SMILES string of the molecule is CCn1c(SCC(=O)N(C)Cc2cccc(OC)c2)nnc1-c1cccs1. The summed E-state index contributed by atoms with van der Waals surface area (Å²) in [6, 6.07) is 11.8. The molecule has 6 nitrogen and oxygen atoms in total. The summed E-state index contributed by atoms with van der Waals surface area (Å²) >= 11 is 3.06. The fourth-order valence-electron chi connectivity index (χ4n) is 2.64. The predicted octanol–water partition coefficient (Wildman–Crippen LogP) is 3.79. The van der Waals surface area contributed by atoms with Gasteiger partial charge in [0.05, 0.1) is 17.7 Å². The number of carbonyl (C=O) groups excluding carboxylic acids is 1. The first-order chi connectivity index (χ1) is 13.1. The molecule has 3 aromatic rings. The van der Waals surface area contributed by atoms with E-state index in [1.165, 1.54) is 11.8 Å². The molecule has 0 unspecified atom stereocenters. The zero-order chi connectivity index (χ0) is 19.2. The molecule has 2 heterocycles. The Morgan fingerprint density at radius 3 is 2.85 bits per heavy atom. The van der Waals surface area contributed by atoms with Gasteiger partial charge in [0.15, 0.2) is 11.0 Å². The monoisotopic (exact) mass is 402 g/mol. The largest absolute Gasteiger partial charge is 0.497 e. The van der Waals surface area contributed by atoms with Gasteiger partial charge in [-0.2, -0.15) is 0 Å². The van der Waals surface area contributed by atoms with Crippen LogP contribution < -0.4 is 4.74 Å². The molecule has 0 saturated carbocycles. The second-order valence-corrected chi connectivity index (χ2v) is 7.81. The van der Waals surface area contributed by atoms with Crippen LogP contribution >= 0.6 is 23.1 Å². The number of ether oxygens (including phenoxy) is 1. The molecule has 0 aliphatic rings. The number of thiophene rings is 1. The number of nitrogens with zero attached hydrogens (tertiary/aromatic N) is 4. The van der Waals surface area contributed by atoms with Gasteiger partial charge in [-0.3, -0.25) is 4.79 Å². The molecule has 3 rings (SSSR count). The van der Waals surface area contributed by atoms with Crippen molar-refractivity contribution in [2.75, 3.05) is 19.9 Å². The molecule has 142 valence electrons. The van der Waals surface area contributed by atoms with Gasteiger partial charge in [0.2, 0.25) is 5.91 Å². The van der Waals surface area contributed by atoms with Crippen LogP contribution in [0.5, 0.6) is 5.75 Å². The molecule has 0 N–H and O–H groups in total. The number of thioether (sulfide) groups is 1. The molecule has 0 bridgehead atoms. The fraction of sp³-hybridized carbons (Fsp3) is 0.316. The van der Waals surface area contributed by atoms with Crippen molar-refractivity contribution in [2.45, 2.75) is 25.2 Å². The lowest BCUT2D eigenvalue weighted by Gasteiger charge is -2.17. The molecular weight excluding hydrogens is 380 g/mol. The van der Waals surface area contributed by atoms with Crippen LogP contribution in [0.25, 0.3) is 10.7 Å². The summed E-state index contributed by atoms with van der Waals surface area (Å²) in [7, 11) is 3.45. The maximum Gasteiger partial charge on any atom is 0.233 e. The fourth-order valence-corrected chi connectivity index (χ4v) is 4.30. The number of carbonyl (C=O) groups is 1. The average molecular weight is 403 g/mol. The highest BCUT2D eigenvalue weighted by molar-refractivity contribution is 7.99. The van der Waals surface area contributed by atoms with Crippen LogP contribution in [-0.4, -0.2) is 45.5 Å². The Labute approximate surface area is 167 Å². The summed E-state index contributed by atoms with van der Waals surface area (Å²) in [6.45, 7) is 3.36. The molecule has 0 saturated heterocycles. The topological polar surface area (TPSA) is 60.2 Å².